The Labute approximate surface area is 123 Å². The van der Waals surface area contributed by atoms with E-state index in [9.17, 15) is 4.79 Å². The molecular weight excluding hydrogens is 264 g/mol. The number of hydrogen-bond donors (Lipinski definition) is 2. The second kappa shape index (κ2) is 5.40. The lowest BCUT2D eigenvalue weighted by atomic mass is 9.77. The van der Waals surface area contributed by atoms with E-state index in [1.54, 1.807) is 6.92 Å². The van der Waals surface area contributed by atoms with Gasteiger partial charge in [0.25, 0.3) is 0 Å². The number of nitrogens with one attached hydrogen (secondary N) is 1. The number of nitrogens with zero attached hydrogens (tertiary/aromatic N) is 1. The van der Waals surface area contributed by atoms with Gasteiger partial charge in [-0.3, -0.25) is 4.79 Å². The zero-order valence-electron chi connectivity index (χ0n) is 11.7. The number of anilines is 1. The number of carbonyl (C=O) groups excluding carboxylic acids is 1. The van der Waals surface area contributed by atoms with Gasteiger partial charge in [-0.2, -0.15) is 0 Å². The molecule has 21 heavy (non-hydrogen) atoms. The standard InChI is InChI=1S/C17H16N2O2/c1-11(19-21)12-6-8-14(9-7-12)18-17(20)16-10-13-4-2-3-5-15(13)16/h2-9,16,21H,10H2,1H3,(H,18,20). The Morgan fingerprint density at radius 2 is 1.90 bits per heavy atom. The van der Waals surface area contributed by atoms with Gasteiger partial charge in [0.1, 0.15) is 0 Å². The van der Waals surface area contributed by atoms with Gasteiger partial charge in [-0.25, -0.2) is 0 Å². The molecule has 4 heteroatoms. The van der Waals surface area contributed by atoms with Crippen molar-refractivity contribution in [2.45, 2.75) is 19.3 Å². The topological polar surface area (TPSA) is 61.7 Å². The highest BCUT2D eigenvalue weighted by molar-refractivity contribution is 6.00. The Hall–Kier alpha value is -2.62. The molecule has 2 N–H and O–H groups in total. The third-order valence-electron chi connectivity index (χ3n) is 3.89. The van der Waals surface area contributed by atoms with Crippen LogP contribution in [-0.2, 0) is 11.2 Å². The van der Waals surface area contributed by atoms with E-state index in [1.807, 2.05) is 42.5 Å². The molecule has 0 bridgehead atoms. The Kier molecular flexibility index (Phi) is 3.44. The molecule has 0 saturated heterocycles. The van der Waals surface area contributed by atoms with E-state index in [4.69, 9.17) is 5.21 Å². The summed E-state index contributed by atoms with van der Waals surface area (Å²) >= 11 is 0. The first kappa shape index (κ1) is 13.4. The Balaban J connectivity index is 1.69. The molecule has 1 aliphatic rings. The first-order valence-corrected chi connectivity index (χ1v) is 6.87. The highest BCUT2D eigenvalue weighted by atomic mass is 16.4. The van der Waals surface area contributed by atoms with E-state index in [1.165, 1.54) is 5.56 Å². The van der Waals surface area contributed by atoms with Crippen LogP contribution in [0.15, 0.2) is 53.7 Å². The summed E-state index contributed by atoms with van der Waals surface area (Å²) in [7, 11) is 0. The summed E-state index contributed by atoms with van der Waals surface area (Å²) in [6, 6.07) is 15.3. The predicted octanol–water partition coefficient (Wildman–Crippen LogP) is 3.16. The van der Waals surface area contributed by atoms with Crippen molar-refractivity contribution in [2.24, 2.45) is 5.16 Å². The second-order valence-electron chi connectivity index (χ2n) is 5.21. The van der Waals surface area contributed by atoms with Gasteiger partial charge in [-0.1, -0.05) is 41.6 Å². The smallest absolute Gasteiger partial charge is 0.232 e. The summed E-state index contributed by atoms with van der Waals surface area (Å²) in [6.07, 6.45) is 0.802. The molecule has 1 atom stereocenters. The average molecular weight is 280 g/mol. The van der Waals surface area contributed by atoms with Crippen molar-refractivity contribution in [3.05, 3.63) is 65.2 Å². The van der Waals surface area contributed by atoms with Crippen molar-refractivity contribution in [2.75, 3.05) is 5.32 Å². The van der Waals surface area contributed by atoms with Crippen LogP contribution in [-0.4, -0.2) is 16.8 Å². The minimum atomic E-state index is -0.0541. The van der Waals surface area contributed by atoms with Crippen molar-refractivity contribution in [3.63, 3.8) is 0 Å². The van der Waals surface area contributed by atoms with Crippen molar-refractivity contribution < 1.29 is 10.0 Å². The van der Waals surface area contributed by atoms with Crippen molar-refractivity contribution in [3.8, 4) is 0 Å². The summed E-state index contributed by atoms with van der Waals surface area (Å²) in [5, 5.41) is 14.8. The van der Waals surface area contributed by atoms with E-state index in [0.29, 0.717) is 5.71 Å². The van der Waals surface area contributed by atoms with Gasteiger partial charge in [0.15, 0.2) is 0 Å². The number of hydrogen-bond acceptors (Lipinski definition) is 3. The molecule has 0 fully saturated rings. The molecule has 0 radical (unpaired) electrons. The quantitative estimate of drug-likeness (QED) is 0.515. The molecule has 3 rings (SSSR count). The second-order valence-corrected chi connectivity index (χ2v) is 5.21. The Morgan fingerprint density at radius 3 is 2.57 bits per heavy atom. The largest absolute Gasteiger partial charge is 0.411 e. The minimum Gasteiger partial charge on any atom is -0.411 e. The highest BCUT2D eigenvalue weighted by Crippen LogP contribution is 2.35. The maximum atomic E-state index is 12.3. The Bertz CT molecular complexity index is 705. The SMILES string of the molecule is CC(=NO)c1ccc(NC(=O)C2Cc3ccccc32)cc1. The summed E-state index contributed by atoms with van der Waals surface area (Å²) < 4.78 is 0. The van der Waals surface area contributed by atoms with Crippen LogP contribution in [0.25, 0.3) is 0 Å². The van der Waals surface area contributed by atoms with Gasteiger partial charge >= 0.3 is 0 Å². The molecule has 0 aromatic heterocycles. The molecule has 4 nitrogen and oxygen atoms in total. The lowest BCUT2D eigenvalue weighted by molar-refractivity contribution is -0.118. The third-order valence-corrected chi connectivity index (χ3v) is 3.89. The van der Waals surface area contributed by atoms with E-state index in [0.717, 1.165) is 23.2 Å². The summed E-state index contributed by atoms with van der Waals surface area (Å²) in [4.78, 5) is 12.3. The van der Waals surface area contributed by atoms with E-state index in [-0.39, 0.29) is 11.8 Å². The minimum absolute atomic E-state index is 0.0222. The molecule has 0 spiro atoms. The van der Waals surface area contributed by atoms with Gasteiger partial charge in [0, 0.05) is 5.69 Å². The fourth-order valence-corrected chi connectivity index (χ4v) is 2.57. The first-order valence-electron chi connectivity index (χ1n) is 6.87. The van der Waals surface area contributed by atoms with E-state index in [2.05, 4.69) is 16.5 Å². The average Bonchev–Trinajstić information content (AvgIpc) is 2.48. The number of oxime groups is 1. The number of amides is 1. The third kappa shape index (κ3) is 2.52. The summed E-state index contributed by atoms with van der Waals surface area (Å²) in [6.45, 7) is 1.72. The van der Waals surface area contributed by atoms with Crippen LogP contribution in [0, 0.1) is 0 Å². The maximum absolute atomic E-state index is 12.3. The number of benzene rings is 2. The fraction of sp³-hybridized carbons (Fsp3) is 0.176. The normalized spacial score (nSPS) is 16.8. The van der Waals surface area contributed by atoms with Crippen LogP contribution in [0.5, 0.6) is 0 Å². The van der Waals surface area contributed by atoms with Crippen LogP contribution in [0.2, 0.25) is 0 Å². The van der Waals surface area contributed by atoms with Gasteiger partial charge in [-0.05, 0) is 42.2 Å². The monoisotopic (exact) mass is 280 g/mol. The first-order chi connectivity index (χ1) is 10.2. The molecule has 0 aliphatic heterocycles. The predicted molar refractivity (Wildman–Crippen MR) is 82.0 cm³/mol. The van der Waals surface area contributed by atoms with Crippen LogP contribution in [0.4, 0.5) is 5.69 Å². The molecule has 1 amide bonds. The zero-order valence-corrected chi connectivity index (χ0v) is 11.7. The highest BCUT2D eigenvalue weighted by Gasteiger charge is 2.31. The molecule has 1 aliphatic carbocycles. The lowest BCUT2D eigenvalue weighted by Crippen LogP contribution is -2.30. The van der Waals surface area contributed by atoms with E-state index >= 15 is 0 Å². The van der Waals surface area contributed by atoms with Crippen molar-refractivity contribution >= 4 is 17.3 Å². The number of rotatable bonds is 3. The number of carbonyl (C=O) groups is 1. The molecule has 2 aromatic carbocycles. The Morgan fingerprint density at radius 1 is 1.19 bits per heavy atom. The number of fused-ring (bicyclic) bond motifs is 1. The molecule has 106 valence electrons. The maximum Gasteiger partial charge on any atom is 0.232 e. The summed E-state index contributed by atoms with van der Waals surface area (Å²) in [5.41, 5.74) is 4.49. The zero-order chi connectivity index (χ0) is 14.8. The van der Waals surface area contributed by atoms with Crippen molar-refractivity contribution in [1.82, 2.24) is 0 Å². The lowest BCUT2D eigenvalue weighted by Gasteiger charge is -2.28. The van der Waals surface area contributed by atoms with Crippen LogP contribution < -0.4 is 5.32 Å². The van der Waals surface area contributed by atoms with Gasteiger partial charge in [-0.15, -0.1) is 0 Å². The molecule has 1 unspecified atom stereocenters. The van der Waals surface area contributed by atoms with Gasteiger partial charge in [0.2, 0.25) is 5.91 Å². The molecule has 0 saturated carbocycles. The molecular formula is C17H16N2O2. The summed E-state index contributed by atoms with van der Waals surface area (Å²) in [5.74, 6) is -0.0318. The van der Waals surface area contributed by atoms with Gasteiger partial charge in [0.05, 0.1) is 11.6 Å². The molecule has 0 heterocycles. The van der Waals surface area contributed by atoms with Crippen LogP contribution in [0.1, 0.15) is 29.5 Å². The van der Waals surface area contributed by atoms with Gasteiger partial charge < -0.3 is 10.5 Å². The molecule has 2 aromatic rings. The fourth-order valence-electron chi connectivity index (χ4n) is 2.57. The van der Waals surface area contributed by atoms with Crippen LogP contribution >= 0.6 is 0 Å². The van der Waals surface area contributed by atoms with Crippen LogP contribution in [0.3, 0.4) is 0 Å². The van der Waals surface area contributed by atoms with Crippen molar-refractivity contribution in [1.29, 1.82) is 0 Å². The van der Waals surface area contributed by atoms with E-state index < -0.39 is 0 Å².